The number of nitrogens with zero attached hydrogens (tertiary/aromatic N) is 1. The molecule has 0 aromatic heterocycles. The van der Waals surface area contributed by atoms with E-state index in [2.05, 4.69) is 15.9 Å². The topological polar surface area (TPSA) is 52.4 Å². The average molecular weight is 349 g/mol. The van der Waals surface area contributed by atoms with Crippen molar-refractivity contribution in [3.63, 3.8) is 0 Å². The van der Waals surface area contributed by atoms with E-state index in [1.54, 1.807) is 6.07 Å². The third-order valence-electron chi connectivity index (χ3n) is 3.61. The molecule has 0 heterocycles. The minimum Gasteiger partial charge on any atom is -0.493 e. The highest BCUT2D eigenvalue weighted by molar-refractivity contribution is 9.09. The summed E-state index contributed by atoms with van der Waals surface area (Å²) in [6, 6.07) is 4.49. The lowest BCUT2D eigenvalue weighted by Crippen LogP contribution is -2.26. The molecule has 1 aromatic carbocycles. The molecule has 0 bridgehead atoms. The number of benzene rings is 1. The van der Waals surface area contributed by atoms with Crippen LogP contribution in [-0.2, 0) is 0 Å². The highest BCUT2D eigenvalue weighted by Gasteiger charge is 2.33. The largest absolute Gasteiger partial charge is 0.493 e. The maximum atomic E-state index is 10.7. The summed E-state index contributed by atoms with van der Waals surface area (Å²) in [6.45, 7) is 0.617. The van der Waals surface area contributed by atoms with Crippen LogP contribution in [0.25, 0.3) is 0 Å². The van der Waals surface area contributed by atoms with E-state index in [-0.39, 0.29) is 16.1 Å². The Kier molecular flexibility index (Phi) is 4.68. The molecule has 0 aliphatic heterocycles. The predicted octanol–water partition coefficient (Wildman–Crippen LogP) is 4.58. The summed E-state index contributed by atoms with van der Waals surface area (Å²) in [6.07, 6.45) is 4.77. The molecule has 1 fully saturated rings. The summed E-state index contributed by atoms with van der Waals surface area (Å²) in [5.41, 5.74) is 0.0962. The van der Waals surface area contributed by atoms with E-state index < -0.39 is 4.92 Å². The van der Waals surface area contributed by atoms with Crippen molar-refractivity contribution in [2.24, 2.45) is 5.41 Å². The van der Waals surface area contributed by atoms with Crippen molar-refractivity contribution in [3.8, 4) is 5.75 Å². The lowest BCUT2D eigenvalue weighted by Gasteiger charge is -2.26. The van der Waals surface area contributed by atoms with Gasteiger partial charge in [0.05, 0.1) is 11.5 Å². The number of nitro groups is 1. The zero-order valence-corrected chi connectivity index (χ0v) is 12.7. The normalized spacial score (nSPS) is 17.4. The Labute approximate surface area is 125 Å². The molecule has 0 saturated heterocycles. The molecule has 0 amide bonds. The molecule has 0 spiro atoms. The Morgan fingerprint density at radius 3 is 2.63 bits per heavy atom. The molecule has 1 aromatic rings. The van der Waals surface area contributed by atoms with Gasteiger partial charge in [-0.05, 0) is 18.9 Å². The van der Waals surface area contributed by atoms with E-state index in [1.165, 1.54) is 25.0 Å². The van der Waals surface area contributed by atoms with Crippen LogP contribution in [0.15, 0.2) is 18.2 Å². The first-order valence-electron chi connectivity index (χ1n) is 6.19. The molecule has 0 atom stereocenters. The average Bonchev–Trinajstić information content (AvgIpc) is 2.85. The van der Waals surface area contributed by atoms with Crippen LogP contribution in [0.2, 0.25) is 5.02 Å². The fourth-order valence-electron chi connectivity index (χ4n) is 2.40. The molecule has 104 valence electrons. The van der Waals surface area contributed by atoms with Gasteiger partial charge in [-0.2, -0.15) is 0 Å². The lowest BCUT2D eigenvalue weighted by atomic mass is 9.90. The van der Waals surface area contributed by atoms with Crippen molar-refractivity contribution in [2.75, 3.05) is 11.9 Å². The molecule has 0 unspecified atom stereocenters. The molecule has 0 radical (unpaired) electrons. The van der Waals surface area contributed by atoms with E-state index in [4.69, 9.17) is 16.3 Å². The maximum absolute atomic E-state index is 10.7. The summed E-state index contributed by atoms with van der Waals surface area (Å²) in [4.78, 5) is 10.2. The van der Waals surface area contributed by atoms with Crippen molar-refractivity contribution >= 4 is 33.2 Å². The van der Waals surface area contributed by atoms with Crippen LogP contribution in [-0.4, -0.2) is 16.9 Å². The zero-order valence-electron chi connectivity index (χ0n) is 10.4. The van der Waals surface area contributed by atoms with Gasteiger partial charge in [0.2, 0.25) is 0 Å². The quantitative estimate of drug-likeness (QED) is 0.444. The van der Waals surface area contributed by atoms with Gasteiger partial charge in [-0.1, -0.05) is 40.4 Å². The number of hydrogen-bond donors (Lipinski definition) is 0. The third-order valence-corrected chi connectivity index (χ3v) is 5.10. The van der Waals surface area contributed by atoms with E-state index >= 15 is 0 Å². The Bertz CT molecular complexity index is 475. The van der Waals surface area contributed by atoms with Gasteiger partial charge in [-0.15, -0.1) is 0 Å². The van der Waals surface area contributed by atoms with E-state index in [1.807, 2.05) is 0 Å². The lowest BCUT2D eigenvalue weighted by molar-refractivity contribution is -0.384. The molecule has 4 nitrogen and oxygen atoms in total. The standard InChI is InChI=1S/C13H15BrClNO3/c14-8-13(5-1-2-6-13)9-19-10-3-4-12(16(17)18)11(15)7-10/h3-4,7H,1-2,5-6,8-9H2. The number of nitro benzene ring substituents is 1. The molecule has 1 aliphatic carbocycles. The Morgan fingerprint density at radius 2 is 2.11 bits per heavy atom. The van der Waals surface area contributed by atoms with E-state index in [0.29, 0.717) is 12.4 Å². The van der Waals surface area contributed by atoms with Crippen LogP contribution in [0.1, 0.15) is 25.7 Å². The summed E-state index contributed by atoms with van der Waals surface area (Å²) in [7, 11) is 0. The second-order valence-corrected chi connectivity index (χ2v) is 5.97. The first kappa shape index (κ1) is 14.6. The maximum Gasteiger partial charge on any atom is 0.288 e. The Morgan fingerprint density at radius 1 is 1.42 bits per heavy atom. The first-order chi connectivity index (χ1) is 9.06. The van der Waals surface area contributed by atoms with Crippen LogP contribution in [0, 0.1) is 15.5 Å². The molecule has 6 heteroatoms. The SMILES string of the molecule is O=[N+]([O-])c1ccc(OCC2(CBr)CCCC2)cc1Cl. The number of alkyl halides is 1. The summed E-state index contributed by atoms with van der Waals surface area (Å²) in [5, 5.41) is 11.7. The van der Waals surface area contributed by atoms with Crippen molar-refractivity contribution < 1.29 is 9.66 Å². The fourth-order valence-corrected chi connectivity index (χ4v) is 3.37. The fraction of sp³-hybridized carbons (Fsp3) is 0.538. The Balaban J connectivity index is 2.03. The predicted molar refractivity (Wildman–Crippen MR) is 78.3 cm³/mol. The summed E-state index contributed by atoms with van der Waals surface area (Å²) in [5.74, 6) is 0.586. The molecule has 0 N–H and O–H groups in total. The van der Waals surface area contributed by atoms with Crippen LogP contribution in [0.4, 0.5) is 5.69 Å². The van der Waals surface area contributed by atoms with Gasteiger partial charge >= 0.3 is 0 Å². The van der Waals surface area contributed by atoms with E-state index in [0.717, 1.165) is 18.2 Å². The molecule has 2 rings (SSSR count). The molecular formula is C13H15BrClNO3. The monoisotopic (exact) mass is 347 g/mol. The van der Waals surface area contributed by atoms with Gasteiger partial charge in [-0.3, -0.25) is 10.1 Å². The van der Waals surface area contributed by atoms with Crippen LogP contribution in [0.5, 0.6) is 5.75 Å². The van der Waals surface area contributed by atoms with Crippen molar-refractivity contribution in [1.29, 1.82) is 0 Å². The van der Waals surface area contributed by atoms with Crippen molar-refractivity contribution in [2.45, 2.75) is 25.7 Å². The second kappa shape index (κ2) is 6.09. The van der Waals surface area contributed by atoms with Crippen molar-refractivity contribution in [3.05, 3.63) is 33.3 Å². The van der Waals surface area contributed by atoms with Gasteiger partial charge < -0.3 is 4.74 Å². The van der Waals surface area contributed by atoms with Crippen LogP contribution in [0.3, 0.4) is 0 Å². The van der Waals surface area contributed by atoms with Crippen LogP contribution < -0.4 is 4.74 Å². The number of rotatable bonds is 5. The first-order valence-corrected chi connectivity index (χ1v) is 7.69. The molecular weight excluding hydrogens is 334 g/mol. The number of hydrogen-bond acceptors (Lipinski definition) is 3. The summed E-state index contributed by atoms with van der Waals surface area (Å²) >= 11 is 9.41. The van der Waals surface area contributed by atoms with Gasteiger partial charge in [0.1, 0.15) is 10.8 Å². The zero-order chi connectivity index (χ0) is 13.9. The van der Waals surface area contributed by atoms with Crippen LogP contribution >= 0.6 is 27.5 Å². The number of halogens is 2. The van der Waals surface area contributed by atoms with E-state index in [9.17, 15) is 10.1 Å². The van der Waals surface area contributed by atoms with Gasteiger partial charge in [0.15, 0.2) is 0 Å². The number of ether oxygens (including phenoxy) is 1. The van der Waals surface area contributed by atoms with Gasteiger partial charge in [-0.25, -0.2) is 0 Å². The third kappa shape index (κ3) is 3.39. The summed E-state index contributed by atoms with van der Waals surface area (Å²) < 4.78 is 5.76. The highest BCUT2D eigenvalue weighted by atomic mass is 79.9. The Hall–Kier alpha value is -0.810. The molecule has 19 heavy (non-hydrogen) atoms. The minimum atomic E-state index is -0.497. The highest BCUT2D eigenvalue weighted by Crippen LogP contribution is 2.40. The molecule has 1 saturated carbocycles. The second-order valence-electron chi connectivity index (χ2n) is 5.00. The molecule has 1 aliphatic rings. The smallest absolute Gasteiger partial charge is 0.288 e. The van der Waals surface area contributed by atoms with Crippen molar-refractivity contribution in [1.82, 2.24) is 0 Å². The minimum absolute atomic E-state index is 0.0925. The van der Waals surface area contributed by atoms with Gasteiger partial charge in [0.25, 0.3) is 5.69 Å². The van der Waals surface area contributed by atoms with Gasteiger partial charge in [0, 0.05) is 22.9 Å².